The lowest BCUT2D eigenvalue weighted by Crippen LogP contribution is -2.58. The highest BCUT2D eigenvalue weighted by Gasteiger charge is 2.36. The number of hydrogen-bond donors (Lipinski definition) is 1. The first kappa shape index (κ1) is 11.4. The van der Waals surface area contributed by atoms with Crippen molar-refractivity contribution in [3.05, 3.63) is 0 Å². The fourth-order valence-corrected chi connectivity index (χ4v) is 2.91. The van der Waals surface area contributed by atoms with Gasteiger partial charge >= 0.3 is 0 Å². The van der Waals surface area contributed by atoms with E-state index in [1.807, 2.05) is 0 Å². The number of rotatable bonds is 4. The zero-order valence-electron chi connectivity index (χ0n) is 10.5. The molecular weight excluding hydrogens is 184 g/mol. The molecular formula is C13H26N2. The molecule has 2 aliphatic rings. The van der Waals surface area contributed by atoms with E-state index >= 15 is 0 Å². The van der Waals surface area contributed by atoms with Crippen molar-refractivity contribution in [3.63, 3.8) is 0 Å². The van der Waals surface area contributed by atoms with Crippen LogP contribution in [0, 0.1) is 5.92 Å². The summed E-state index contributed by atoms with van der Waals surface area (Å²) in [6.07, 6.45) is 5.57. The van der Waals surface area contributed by atoms with E-state index in [0.29, 0.717) is 0 Å². The van der Waals surface area contributed by atoms with Gasteiger partial charge in [0, 0.05) is 31.2 Å². The fraction of sp³-hybridized carbons (Fsp3) is 1.00. The van der Waals surface area contributed by atoms with Gasteiger partial charge in [-0.15, -0.1) is 0 Å². The topological polar surface area (TPSA) is 15.3 Å². The molecule has 0 aromatic carbocycles. The average molecular weight is 210 g/mol. The van der Waals surface area contributed by atoms with E-state index in [1.165, 1.54) is 38.8 Å². The average Bonchev–Trinajstić information content (AvgIpc) is 3.04. The Balaban J connectivity index is 1.89. The number of nitrogens with zero attached hydrogens (tertiary/aromatic N) is 1. The summed E-state index contributed by atoms with van der Waals surface area (Å²) in [6, 6.07) is 2.29. The summed E-state index contributed by atoms with van der Waals surface area (Å²) in [4.78, 5) is 2.74. The van der Waals surface area contributed by atoms with Crippen LogP contribution in [0.4, 0.5) is 0 Å². The van der Waals surface area contributed by atoms with E-state index in [9.17, 15) is 0 Å². The maximum Gasteiger partial charge on any atom is 0.0196 e. The Kier molecular flexibility index (Phi) is 3.68. The molecule has 0 spiro atoms. The van der Waals surface area contributed by atoms with Gasteiger partial charge in [0.25, 0.3) is 0 Å². The Morgan fingerprint density at radius 3 is 2.73 bits per heavy atom. The quantitative estimate of drug-likeness (QED) is 0.765. The number of hydrogen-bond acceptors (Lipinski definition) is 2. The van der Waals surface area contributed by atoms with Crippen LogP contribution in [-0.4, -0.2) is 36.1 Å². The number of piperazine rings is 1. The summed E-state index contributed by atoms with van der Waals surface area (Å²) in [6.45, 7) is 9.54. The maximum absolute atomic E-state index is 3.67. The van der Waals surface area contributed by atoms with Gasteiger partial charge in [-0.3, -0.25) is 4.90 Å². The largest absolute Gasteiger partial charge is 0.311 e. The minimum atomic E-state index is 0.730. The molecule has 1 N–H and O–H groups in total. The van der Waals surface area contributed by atoms with Gasteiger partial charge in [0.05, 0.1) is 0 Å². The van der Waals surface area contributed by atoms with Crippen LogP contribution in [0.5, 0.6) is 0 Å². The van der Waals surface area contributed by atoms with Crippen molar-refractivity contribution >= 4 is 0 Å². The van der Waals surface area contributed by atoms with Crippen molar-refractivity contribution < 1.29 is 0 Å². The first-order chi connectivity index (χ1) is 7.22. The molecule has 0 aromatic rings. The second kappa shape index (κ2) is 4.84. The molecule has 88 valence electrons. The Hall–Kier alpha value is -0.0800. The molecule has 1 aliphatic carbocycles. The third-order valence-corrected chi connectivity index (χ3v) is 4.16. The van der Waals surface area contributed by atoms with Crippen molar-refractivity contribution in [1.82, 2.24) is 10.2 Å². The molecule has 3 unspecified atom stereocenters. The van der Waals surface area contributed by atoms with Crippen molar-refractivity contribution in [1.29, 1.82) is 0 Å². The molecule has 0 amide bonds. The zero-order chi connectivity index (χ0) is 10.8. The Morgan fingerprint density at radius 1 is 1.40 bits per heavy atom. The van der Waals surface area contributed by atoms with Crippen LogP contribution < -0.4 is 5.32 Å². The van der Waals surface area contributed by atoms with Crippen LogP contribution in [0.25, 0.3) is 0 Å². The van der Waals surface area contributed by atoms with E-state index in [2.05, 4.69) is 31.0 Å². The summed E-state index contributed by atoms with van der Waals surface area (Å²) in [5.74, 6) is 1.01. The summed E-state index contributed by atoms with van der Waals surface area (Å²) < 4.78 is 0. The molecule has 1 heterocycles. The molecule has 1 saturated heterocycles. The lowest BCUT2D eigenvalue weighted by molar-refractivity contribution is 0.0855. The van der Waals surface area contributed by atoms with E-state index in [1.54, 1.807) is 0 Å². The van der Waals surface area contributed by atoms with Crippen LogP contribution in [0.1, 0.15) is 46.5 Å². The minimum Gasteiger partial charge on any atom is -0.311 e. The molecule has 2 rings (SSSR count). The third kappa shape index (κ3) is 2.73. The molecule has 2 fully saturated rings. The monoisotopic (exact) mass is 210 g/mol. The van der Waals surface area contributed by atoms with E-state index in [0.717, 1.165) is 24.0 Å². The first-order valence-corrected chi connectivity index (χ1v) is 6.71. The second-order valence-corrected chi connectivity index (χ2v) is 5.52. The van der Waals surface area contributed by atoms with Gasteiger partial charge in [0.1, 0.15) is 0 Å². The van der Waals surface area contributed by atoms with Crippen LogP contribution >= 0.6 is 0 Å². The molecule has 3 atom stereocenters. The Labute approximate surface area is 94.4 Å². The summed E-state index contributed by atoms with van der Waals surface area (Å²) in [7, 11) is 0. The zero-order valence-corrected chi connectivity index (χ0v) is 10.5. The third-order valence-electron chi connectivity index (χ3n) is 4.16. The Morgan fingerprint density at radius 2 is 2.13 bits per heavy atom. The van der Waals surface area contributed by atoms with Gasteiger partial charge in [-0.25, -0.2) is 0 Å². The summed E-state index contributed by atoms with van der Waals surface area (Å²) in [5, 5.41) is 3.67. The normalized spacial score (nSPS) is 35.4. The lowest BCUT2D eigenvalue weighted by atomic mass is 10.0. The highest BCUT2D eigenvalue weighted by atomic mass is 15.3. The van der Waals surface area contributed by atoms with Crippen LogP contribution in [0.2, 0.25) is 0 Å². The van der Waals surface area contributed by atoms with Crippen molar-refractivity contribution in [2.75, 3.05) is 13.1 Å². The van der Waals surface area contributed by atoms with Crippen molar-refractivity contribution in [3.8, 4) is 0 Å². The van der Waals surface area contributed by atoms with Crippen molar-refractivity contribution in [2.24, 2.45) is 5.92 Å². The van der Waals surface area contributed by atoms with Gasteiger partial charge < -0.3 is 5.32 Å². The van der Waals surface area contributed by atoms with E-state index < -0.39 is 0 Å². The lowest BCUT2D eigenvalue weighted by Gasteiger charge is -2.42. The molecule has 1 aliphatic heterocycles. The Bertz CT molecular complexity index is 201. The fourth-order valence-electron chi connectivity index (χ4n) is 2.91. The summed E-state index contributed by atoms with van der Waals surface area (Å²) >= 11 is 0. The smallest absolute Gasteiger partial charge is 0.0196 e. The molecule has 1 saturated carbocycles. The first-order valence-electron chi connectivity index (χ1n) is 6.71. The highest BCUT2D eigenvalue weighted by molar-refractivity contribution is 4.92. The maximum atomic E-state index is 3.67. The van der Waals surface area contributed by atoms with Gasteiger partial charge in [0.2, 0.25) is 0 Å². The summed E-state index contributed by atoms with van der Waals surface area (Å²) in [5.41, 5.74) is 0. The molecule has 2 nitrogen and oxygen atoms in total. The molecule has 15 heavy (non-hydrogen) atoms. The molecule has 0 bridgehead atoms. The standard InChI is InChI=1S/C13H26N2/c1-4-5-13-9-15(10(2)8-14-13)11(3)12-6-7-12/h10-14H,4-9H2,1-3H3. The van der Waals surface area contributed by atoms with Crippen LogP contribution in [-0.2, 0) is 0 Å². The predicted octanol–water partition coefficient (Wildman–Crippen LogP) is 2.25. The van der Waals surface area contributed by atoms with E-state index in [-0.39, 0.29) is 0 Å². The van der Waals surface area contributed by atoms with Gasteiger partial charge in [-0.05, 0) is 39.0 Å². The van der Waals surface area contributed by atoms with Crippen molar-refractivity contribution in [2.45, 2.75) is 64.6 Å². The highest BCUT2D eigenvalue weighted by Crippen LogP contribution is 2.36. The molecule has 0 aromatic heterocycles. The minimum absolute atomic E-state index is 0.730. The van der Waals surface area contributed by atoms with Crippen LogP contribution in [0.15, 0.2) is 0 Å². The van der Waals surface area contributed by atoms with Crippen LogP contribution in [0.3, 0.4) is 0 Å². The molecule has 0 radical (unpaired) electrons. The second-order valence-electron chi connectivity index (χ2n) is 5.52. The number of nitrogens with one attached hydrogen (secondary N) is 1. The van der Waals surface area contributed by atoms with Gasteiger partial charge in [-0.1, -0.05) is 13.3 Å². The van der Waals surface area contributed by atoms with E-state index in [4.69, 9.17) is 0 Å². The molecule has 2 heteroatoms. The predicted molar refractivity (Wildman–Crippen MR) is 65.1 cm³/mol. The van der Waals surface area contributed by atoms with Gasteiger partial charge in [-0.2, -0.15) is 0 Å². The SMILES string of the molecule is CCCC1CN(C(C)C2CC2)C(C)CN1. The van der Waals surface area contributed by atoms with Gasteiger partial charge in [0.15, 0.2) is 0 Å².